The summed E-state index contributed by atoms with van der Waals surface area (Å²) in [5, 5.41) is 3.79. The molecule has 0 fully saturated rings. The second kappa shape index (κ2) is 3.79. The lowest BCUT2D eigenvalue weighted by Gasteiger charge is -1.99. The van der Waals surface area contributed by atoms with Crippen LogP contribution in [-0.2, 0) is 0 Å². The van der Waals surface area contributed by atoms with Crippen LogP contribution in [0.4, 0.5) is 5.82 Å². The normalized spacial score (nSPS) is 10.6. The van der Waals surface area contributed by atoms with Gasteiger partial charge in [-0.2, -0.15) is 0 Å². The van der Waals surface area contributed by atoms with Gasteiger partial charge in [0.15, 0.2) is 11.6 Å². The Morgan fingerprint density at radius 2 is 1.88 bits per heavy atom. The molecule has 0 aliphatic rings. The van der Waals surface area contributed by atoms with E-state index in [9.17, 15) is 0 Å². The number of anilines is 1. The standard InChI is InChI=1S/C12H9N3O2/c13-12-10(8-1-4-14-5-2-8)11(17-15-12)9-3-6-16-7-9/h1-7H,(H2,13,15). The molecule has 0 aromatic carbocycles. The molecule has 5 heteroatoms. The lowest BCUT2D eigenvalue weighted by atomic mass is 10.0. The summed E-state index contributed by atoms with van der Waals surface area (Å²) in [6, 6.07) is 5.50. The topological polar surface area (TPSA) is 78.1 Å². The summed E-state index contributed by atoms with van der Waals surface area (Å²) >= 11 is 0. The minimum absolute atomic E-state index is 0.354. The van der Waals surface area contributed by atoms with Crippen LogP contribution in [0.15, 0.2) is 52.1 Å². The van der Waals surface area contributed by atoms with Crippen LogP contribution in [-0.4, -0.2) is 10.1 Å². The Kier molecular flexibility index (Phi) is 2.15. The van der Waals surface area contributed by atoms with Crippen LogP contribution >= 0.6 is 0 Å². The molecule has 5 nitrogen and oxygen atoms in total. The van der Waals surface area contributed by atoms with Crippen molar-refractivity contribution in [2.45, 2.75) is 0 Å². The van der Waals surface area contributed by atoms with Gasteiger partial charge in [0, 0.05) is 12.4 Å². The molecule has 3 rings (SSSR count). The number of pyridine rings is 1. The van der Waals surface area contributed by atoms with Crippen LogP contribution in [0.1, 0.15) is 0 Å². The van der Waals surface area contributed by atoms with Gasteiger partial charge in [-0.3, -0.25) is 4.98 Å². The summed E-state index contributed by atoms with van der Waals surface area (Å²) in [5.74, 6) is 0.954. The molecule has 0 aliphatic heterocycles. The average molecular weight is 227 g/mol. The Labute approximate surface area is 96.9 Å². The largest absolute Gasteiger partial charge is 0.472 e. The maximum absolute atomic E-state index is 5.82. The lowest BCUT2D eigenvalue weighted by Crippen LogP contribution is -1.88. The molecule has 84 valence electrons. The Balaban J connectivity index is 2.20. The summed E-state index contributed by atoms with van der Waals surface area (Å²) in [6.07, 6.45) is 6.55. The SMILES string of the molecule is Nc1noc(-c2ccoc2)c1-c1ccncc1. The van der Waals surface area contributed by atoms with E-state index in [1.165, 1.54) is 0 Å². The highest BCUT2D eigenvalue weighted by Gasteiger charge is 2.17. The molecular weight excluding hydrogens is 218 g/mol. The molecule has 0 radical (unpaired) electrons. The average Bonchev–Trinajstić information content (AvgIpc) is 2.98. The highest BCUT2D eigenvalue weighted by atomic mass is 16.5. The first-order valence-corrected chi connectivity index (χ1v) is 5.04. The van der Waals surface area contributed by atoms with Gasteiger partial charge < -0.3 is 14.7 Å². The molecule has 0 amide bonds. The Morgan fingerprint density at radius 3 is 2.59 bits per heavy atom. The van der Waals surface area contributed by atoms with E-state index in [0.717, 1.165) is 16.7 Å². The minimum atomic E-state index is 0.354. The Bertz CT molecular complexity index is 615. The fourth-order valence-electron chi connectivity index (χ4n) is 1.69. The molecule has 0 saturated carbocycles. The van der Waals surface area contributed by atoms with Crippen molar-refractivity contribution in [1.82, 2.24) is 10.1 Å². The maximum atomic E-state index is 5.82. The molecule has 0 aliphatic carbocycles. The van der Waals surface area contributed by atoms with Crippen molar-refractivity contribution in [3.63, 3.8) is 0 Å². The van der Waals surface area contributed by atoms with Crippen LogP contribution in [0, 0.1) is 0 Å². The van der Waals surface area contributed by atoms with E-state index < -0.39 is 0 Å². The van der Waals surface area contributed by atoms with Gasteiger partial charge in [0.2, 0.25) is 0 Å². The molecule has 0 spiro atoms. The number of nitrogen functional groups attached to an aromatic ring is 1. The molecule has 3 aromatic rings. The third-order valence-electron chi connectivity index (χ3n) is 2.47. The van der Waals surface area contributed by atoms with E-state index in [1.54, 1.807) is 31.0 Å². The molecule has 3 heterocycles. The predicted octanol–water partition coefficient (Wildman–Crippen LogP) is 2.58. The third-order valence-corrected chi connectivity index (χ3v) is 2.47. The van der Waals surface area contributed by atoms with Gasteiger partial charge in [-0.15, -0.1) is 0 Å². The second-order valence-corrected chi connectivity index (χ2v) is 3.52. The van der Waals surface area contributed by atoms with E-state index in [2.05, 4.69) is 10.1 Å². The number of hydrogen-bond donors (Lipinski definition) is 1. The fourth-order valence-corrected chi connectivity index (χ4v) is 1.69. The molecule has 0 bridgehead atoms. The van der Waals surface area contributed by atoms with Crippen molar-refractivity contribution in [2.75, 3.05) is 5.73 Å². The first-order valence-electron chi connectivity index (χ1n) is 5.04. The highest BCUT2D eigenvalue weighted by Crippen LogP contribution is 2.36. The Hall–Kier alpha value is -2.56. The van der Waals surface area contributed by atoms with E-state index in [0.29, 0.717) is 11.6 Å². The van der Waals surface area contributed by atoms with Crippen LogP contribution in [0.3, 0.4) is 0 Å². The quantitative estimate of drug-likeness (QED) is 0.727. The van der Waals surface area contributed by atoms with Gasteiger partial charge >= 0.3 is 0 Å². The number of furan rings is 1. The van der Waals surface area contributed by atoms with Gasteiger partial charge in [0.1, 0.15) is 6.26 Å². The summed E-state index contributed by atoms with van der Waals surface area (Å²) < 4.78 is 10.3. The van der Waals surface area contributed by atoms with E-state index in [-0.39, 0.29) is 0 Å². The first kappa shape index (κ1) is 9.65. The molecule has 2 N–H and O–H groups in total. The molecule has 0 atom stereocenters. The van der Waals surface area contributed by atoms with Gasteiger partial charge in [-0.1, -0.05) is 5.16 Å². The van der Waals surface area contributed by atoms with Crippen molar-refractivity contribution in [3.8, 4) is 22.5 Å². The van der Waals surface area contributed by atoms with Gasteiger partial charge in [0.25, 0.3) is 0 Å². The smallest absolute Gasteiger partial charge is 0.180 e. The molecule has 0 saturated heterocycles. The summed E-state index contributed by atoms with van der Waals surface area (Å²) in [7, 11) is 0. The lowest BCUT2D eigenvalue weighted by molar-refractivity contribution is 0.435. The van der Waals surface area contributed by atoms with Crippen molar-refractivity contribution in [1.29, 1.82) is 0 Å². The van der Waals surface area contributed by atoms with Crippen molar-refractivity contribution in [2.24, 2.45) is 0 Å². The summed E-state index contributed by atoms with van der Waals surface area (Å²) in [4.78, 5) is 3.97. The monoisotopic (exact) mass is 227 g/mol. The summed E-state index contributed by atoms with van der Waals surface area (Å²) in [6.45, 7) is 0. The number of aromatic nitrogens is 2. The van der Waals surface area contributed by atoms with Gasteiger partial charge in [-0.05, 0) is 23.8 Å². The maximum Gasteiger partial charge on any atom is 0.180 e. The zero-order chi connectivity index (χ0) is 11.7. The van der Waals surface area contributed by atoms with Crippen molar-refractivity contribution in [3.05, 3.63) is 43.1 Å². The van der Waals surface area contributed by atoms with Crippen LogP contribution in [0.2, 0.25) is 0 Å². The van der Waals surface area contributed by atoms with Gasteiger partial charge in [-0.25, -0.2) is 0 Å². The molecule has 17 heavy (non-hydrogen) atoms. The predicted molar refractivity (Wildman–Crippen MR) is 61.8 cm³/mol. The van der Waals surface area contributed by atoms with Crippen molar-refractivity contribution >= 4 is 5.82 Å². The number of nitrogens with two attached hydrogens (primary N) is 1. The minimum Gasteiger partial charge on any atom is -0.472 e. The number of nitrogens with zero attached hydrogens (tertiary/aromatic N) is 2. The fraction of sp³-hybridized carbons (Fsp3) is 0. The zero-order valence-electron chi connectivity index (χ0n) is 8.83. The van der Waals surface area contributed by atoms with E-state index in [4.69, 9.17) is 14.7 Å². The zero-order valence-corrected chi connectivity index (χ0v) is 8.83. The summed E-state index contributed by atoms with van der Waals surface area (Å²) in [5.41, 5.74) is 8.30. The molecular formula is C12H9N3O2. The molecule has 0 unspecified atom stereocenters. The number of rotatable bonds is 2. The second-order valence-electron chi connectivity index (χ2n) is 3.52. The number of hydrogen-bond acceptors (Lipinski definition) is 5. The van der Waals surface area contributed by atoms with Crippen LogP contribution in [0.5, 0.6) is 0 Å². The Morgan fingerprint density at radius 1 is 1.06 bits per heavy atom. The molecule has 3 aromatic heterocycles. The third kappa shape index (κ3) is 1.57. The van der Waals surface area contributed by atoms with E-state index >= 15 is 0 Å². The van der Waals surface area contributed by atoms with E-state index in [1.807, 2.05) is 12.1 Å². The van der Waals surface area contributed by atoms with Crippen LogP contribution in [0.25, 0.3) is 22.5 Å². The van der Waals surface area contributed by atoms with Crippen molar-refractivity contribution < 1.29 is 8.94 Å². The van der Waals surface area contributed by atoms with Gasteiger partial charge in [0.05, 0.1) is 17.4 Å². The van der Waals surface area contributed by atoms with Crippen LogP contribution < -0.4 is 5.73 Å². The highest BCUT2D eigenvalue weighted by molar-refractivity contribution is 5.85. The first-order chi connectivity index (χ1) is 8.36.